The average molecular weight is 358 g/mol. The van der Waals surface area contributed by atoms with Crippen molar-refractivity contribution in [3.8, 4) is 11.1 Å². The van der Waals surface area contributed by atoms with E-state index in [4.69, 9.17) is 11.6 Å². The Morgan fingerprint density at radius 2 is 1.88 bits per heavy atom. The molecule has 0 aliphatic rings. The van der Waals surface area contributed by atoms with E-state index < -0.39 is 0 Å². The number of nitrogens with zero attached hydrogens (tertiary/aromatic N) is 3. The molecule has 0 N–H and O–H groups in total. The summed E-state index contributed by atoms with van der Waals surface area (Å²) >= 11 is 6.50. The van der Waals surface area contributed by atoms with E-state index in [-0.39, 0.29) is 0 Å². The first-order valence-electron chi connectivity index (χ1n) is 8.67. The van der Waals surface area contributed by atoms with Crippen molar-refractivity contribution in [2.24, 2.45) is 0 Å². The van der Waals surface area contributed by atoms with E-state index >= 15 is 0 Å². The lowest BCUT2D eigenvalue weighted by Crippen LogP contribution is -1.96. The van der Waals surface area contributed by atoms with Crippen LogP contribution in [0.15, 0.2) is 67.1 Å². The van der Waals surface area contributed by atoms with Crippen LogP contribution in [0.5, 0.6) is 0 Å². The second-order valence-electron chi connectivity index (χ2n) is 6.40. The van der Waals surface area contributed by atoms with Gasteiger partial charge in [-0.05, 0) is 37.3 Å². The molecule has 3 heterocycles. The molecule has 3 nitrogen and oxygen atoms in total. The summed E-state index contributed by atoms with van der Waals surface area (Å²) in [5.74, 6) is 0. The number of benzene rings is 2. The minimum atomic E-state index is 0.729. The first-order chi connectivity index (χ1) is 12.8. The molecule has 26 heavy (non-hydrogen) atoms. The highest BCUT2D eigenvalue weighted by molar-refractivity contribution is 6.32. The number of hydrogen-bond acceptors (Lipinski definition) is 2. The smallest absolute Gasteiger partial charge is 0.0702 e. The number of aromatic nitrogens is 3. The SMILES string of the molecule is CCn1c2cnccc2c2cc(Cl)cc(-c3cnc4ccccc4c3)c21. The summed E-state index contributed by atoms with van der Waals surface area (Å²) in [4.78, 5) is 8.96. The topological polar surface area (TPSA) is 30.7 Å². The third-order valence-corrected chi connectivity index (χ3v) is 5.16. The fourth-order valence-electron chi connectivity index (χ4n) is 3.81. The van der Waals surface area contributed by atoms with Crippen molar-refractivity contribution in [1.29, 1.82) is 0 Å². The van der Waals surface area contributed by atoms with E-state index in [1.165, 1.54) is 10.9 Å². The van der Waals surface area contributed by atoms with Crippen LogP contribution in [0.1, 0.15) is 6.92 Å². The lowest BCUT2D eigenvalue weighted by molar-refractivity contribution is 0.826. The van der Waals surface area contributed by atoms with Crippen LogP contribution in [-0.4, -0.2) is 14.5 Å². The Labute approximate surface area is 155 Å². The van der Waals surface area contributed by atoms with Gasteiger partial charge in [0.1, 0.15) is 0 Å². The van der Waals surface area contributed by atoms with Crippen LogP contribution in [0, 0.1) is 0 Å². The molecular formula is C22H16ClN3. The molecule has 0 atom stereocenters. The van der Waals surface area contributed by atoms with Crippen LogP contribution < -0.4 is 0 Å². The highest BCUT2D eigenvalue weighted by Gasteiger charge is 2.16. The van der Waals surface area contributed by atoms with Gasteiger partial charge in [0, 0.05) is 51.2 Å². The van der Waals surface area contributed by atoms with Crippen LogP contribution in [-0.2, 0) is 6.54 Å². The minimum Gasteiger partial charge on any atom is -0.339 e. The van der Waals surface area contributed by atoms with E-state index in [0.29, 0.717) is 0 Å². The minimum absolute atomic E-state index is 0.729. The highest BCUT2D eigenvalue weighted by atomic mass is 35.5. The van der Waals surface area contributed by atoms with Crippen molar-refractivity contribution in [3.05, 3.63) is 72.1 Å². The third-order valence-electron chi connectivity index (χ3n) is 4.94. The molecule has 4 heteroatoms. The van der Waals surface area contributed by atoms with Gasteiger partial charge < -0.3 is 4.57 Å². The van der Waals surface area contributed by atoms with Gasteiger partial charge in [-0.25, -0.2) is 0 Å². The maximum atomic E-state index is 6.50. The summed E-state index contributed by atoms with van der Waals surface area (Å²) < 4.78 is 2.30. The van der Waals surface area contributed by atoms with Gasteiger partial charge in [0.15, 0.2) is 0 Å². The molecule has 0 saturated heterocycles. The zero-order chi connectivity index (χ0) is 17.7. The molecule has 126 valence electrons. The molecule has 0 unspecified atom stereocenters. The van der Waals surface area contributed by atoms with Gasteiger partial charge in [-0.15, -0.1) is 0 Å². The van der Waals surface area contributed by atoms with Crippen molar-refractivity contribution in [2.75, 3.05) is 0 Å². The first-order valence-corrected chi connectivity index (χ1v) is 9.04. The molecule has 0 amide bonds. The molecule has 0 aliphatic heterocycles. The molecule has 3 aromatic heterocycles. The Balaban J connectivity index is 1.92. The predicted octanol–water partition coefficient (Wildman–Crippen LogP) is 6.08. The summed E-state index contributed by atoms with van der Waals surface area (Å²) in [5.41, 5.74) is 5.47. The summed E-state index contributed by atoms with van der Waals surface area (Å²) in [5, 5.41) is 4.18. The van der Waals surface area contributed by atoms with E-state index in [1.54, 1.807) is 0 Å². The molecule has 0 aliphatic carbocycles. The Morgan fingerprint density at radius 1 is 1.00 bits per heavy atom. The van der Waals surface area contributed by atoms with Crippen molar-refractivity contribution in [1.82, 2.24) is 14.5 Å². The van der Waals surface area contributed by atoms with Gasteiger partial charge in [0.2, 0.25) is 0 Å². The molecule has 2 aromatic carbocycles. The number of rotatable bonds is 2. The average Bonchev–Trinajstić information content (AvgIpc) is 3.00. The maximum absolute atomic E-state index is 6.50. The second-order valence-corrected chi connectivity index (χ2v) is 6.84. The first kappa shape index (κ1) is 15.4. The van der Waals surface area contributed by atoms with Crippen molar-refractivity contribution >= 4 is 44.3 Å². The monoisotopic (exact) mass is 357 g/mol. The Morgan fingerprint density at radius 3 is 2.77 bits per heavy atom. The number of pyridine rings is 2. The number of aryl methyl sites for hydroxylation is 1. The Hall–Kier alpha value is -2.91. The normalized spacial score (nSPS) is 11.6. The van der Waals surface area contributed by atoms with Gasteiger partial charge in [-0.3, -0.25) is 9.97 Å². The van der Waals surface area contributed by atoms with Crippen LogP contribution in [0.4, 0.5) is 0 Å². The maximum Gasteiger partial charge on any atom is 0.0702 e. The quantitative estimate of drug-likeness (QED) is 0.383. The molecule has 0 fully saturated rings. The van der Waals surface area contributed by atoms with Crippen LogP contribution in [0.3, 0.4) is 0 Å². The fraction of sp³-hybridized carbons (Fsp3) is 0.0909. The lowest BCUT2D eigenvalue weighted by Gasteiger charge is -2.10. The van der Waals surface area contributed by atoms with Crippen molar-refractivity contribution in [3.63, 3.8) is 0 Å². The second kappa shape index (κ2) is 5.82. The molecule has 5 rings (SSSR count). The summed E-state index contributed by atoms with van der Waals surface area (Å²) in [6.07, 6.45) is 5.69. The zero-order valence-electron chi connectivity index (χ0n) is 14.3. The summed E-state index contributed by atoms with van der Waals surface area (Å²) in [6.45, 7) is 3.02. The third kappa shape index (κ3) is 2.21. The van der Waals surface area contributed by atoms with Gasteiger partial charge in [-0.1, -0.05) is 29.8 Å². The largest absolute Gasteiger partial charge is 0.339 e. The van der Waals surface area contributed by atoms with Gasteiger partial charge in [0.05, 0.1) is 22.7 Å². The van der Waals surface area contributed by atoms with Gasteiger partial charge >= 0.3 is 0 Å². The van der Waals surface area contributed by atoms with E-state index in [9.17, 15) is 0 Å². The number of para-hydroxylation sites is 1. The standard InChI is InChI=1S/C22H16ClN3/c1-2-26-21-13-24-8-7-17(21)19-11-16(23)10-18(22(19)26)15-9-14-5-3-4-6-20(14)25-12-15/h3-13H,2H2,1H3. The Bertz CT molecular complexity index is 1290. The molecule has 0 radical (unpaired) electrons. The summed E-state index contributed by atoms with van der Waals surface area (Å²) in [6, 6.07) is 16.5. The van der Waals surface area contributed by atoms with Crippen LogP contribution in [0.2, 0.25) is 5.02 Å². The van der Waals surface area contributed by atoms with Crippen molar-refractivity contribution < 1.29 is 0 Å². The predicted molar refractivity (Wildman–Crippen MR) is 109 cm³/mol. The Kier molecular flexibility index (Phi) is 3.44. The number of hydrogen-bond donors (Lipinski definition) is 0. The van der Waals surface area contributed by atoms with Gasteiger partial charge in [-0.2, -0.15) is 0 Å². The molecule has 5 aromatic rings. The molecule has 0 saturated carbocycles. The van der Waals surface area contributed by atoms with Crippen molar-refractivity contribution in [2.45, 2.75) is 13.5 Å². The van der Waals surface area contributed by atoms with E-state index in [0.717, 1.165) is 44.5 Å². The van der Waals surface area contributed by atoms with Crippen LogP contribution in [0.25, 0.3) is 43.8 Å². The molecule has 0 spiro atoms. The lowest BCUT2D eigenvalue weighted by atomic mass is 10.0. The van der Waals surface area contributed by atoms with Crippen LogP contribution >= 0.6 is 11.6 Å². The van der Waals surface area contributed by atoms with Gasteiger partial charge in [0.25, 0.3) is 0 Å². The highest BCUT2D eigenvalue weighted by Crippen LogP contribution is 2.38. The fourth-order valence-corrected chi connectivity index (χ4v) is 4.03. The number of fused-ring (bicyclic) bond motifs is 4. The summed E-state index contributed by atoms with van der Waals surface area (Å²) in [7, 11) is 0. The molecule has 0 bridgehead atoms. The number of halogens is 1. The molecular weight excluding hydrogens is 342 g/mol. The van der Waals surface area contributed by atoms with E-state index in [1.807, 2.05) is 48.9 Å². The zero-order valence-corrected chi connectivity index (χ0v) is 15.0. The van der Waals surface area contributed by atoms with E-state index in [2.05, 4.69) is 39.7 Å².